The van der Waals surface area contributed by atoms with Crippen molar-refractivity contribution in [2.75, 3.05) is 0 Å². The molecule has 5 nitrogen and oxygen atoms in total. The summed E-state index contributed by atoms with van der Waals surface area (Å²) in [6.07, 6.45) is 8.77. The van der Waals surface area contributed by atoms with Gasteiger partial charge < -0.3 is 5.32 Å². The van der Waals surface area contributed by atoms with Crippen molar-refractivity contribution in [3.05, 3.63) is 114 Å². The Morgan fingerprint density at radius 2 is 1.60 bits per heavy atom. The smallest absolute Gasteiger partial charge is 0.244 e. The van der Waals surface area contributed by atoms with E-state index < -0.39 is 0 Å². The Morgan fingerprint density at radius 1 is 0.900 bits per heavy atom. The molecule has 2 heterocycles. The molecule has 0 unspecified atom stereocenters. The minimum absolute atomic E-state index is 0.151. The zero-order valence-corrected chi connectivity index (χ0v) is 16.5. The number of benzene rings is 2. The van der Waals surface area contributed by atoms with Crippen LogP contribution in [0.25, 0.3) is 17.3 Å². The molecule has 0 aliphatic carbocycles. The maximum Gasteiger partial charge on any atom is 0.244 e. The highest BCUT2D eigenvalue weighted by atomic mass is 16.1. The van der Waals surface area contributed by atoms with Crippen molar-refractivity contribution >= 4 is 12.0 Å². The van der Waals surface area contributed by atoms with Gasteiger partial charge in [-0.3, -0.25) is 14.5 Å². The van der Waals surface area contributed by atoms with Gasteiger partial charge in [0, 0.05) is 42.3 Å². The van der Waals surface area contributed by atoms with Crippen molar-refractivity contribution in [2.45, 2.75) is 13.1 Å². The fourth-order valence-corrected chi connectivity index (χ4v) is 3.14. The Morgan fingerprint density at radius 3 is 2.33 bits per heavy atom. The van der Waals surface area contributed by atoms with Gasteiger partial charge in [0.2, 0.25) is 5.91 Å². The van der Waals surface area contributed by atoms with Gasteiger partial charge in [-0.15, -0.1) is 0 Å². The highest BCUT2D eigenvalue weighted by molar-refractivity contribution is 5.92. The summed E-state index contributed by atoms with van der Waals surface area (Å²) in [5.74, 6) is -0.151. The molecule has 1 amide bonds. The molecule has 2 aromatic heterocycles. The van der Waals surface area contributed by atoms with Crippen molar-refractivity contribution in [3.63, 3.8) is 0 Å². The Kier molecular flexibility index (Phi) is 6.11. The first kappa shape index (κ1) is 19.3. The molecular formula is C25H22N4O. The molecule has 2 aromatic carbocycles. The molecule has 0 aliphatic heterocycles. The van der Waals surface area contributed by atoms with E-state index >= 15 is 0 Å². The number of nitrogens with zero attached hydrogens (tertiary/aromatic N) is 3. The Balaban J connectivity index is 1.53. The second-order valence-corrected chi connectivity index (χ2v) is 6.89. The van der Waals surface area contributed by atoms with Crippen LogP contribution in [0.2, 0.25) is 0 Å². The first-order valence-corrected chi connectivity index (χ1v) is 9.79. The summed E-state index contributed by atoms with van der Waals surface area (Å²) in [7, 11) is 0. The maximum atomic E-state index is 12.3. The molecule has 0 atom stereocenters. The molecule has 1 N–H and O–H groups in total. The monoisotopic (exact) mass is 394 g/mol. The van der Waals surface area contributed by atoms with Gasteiger partial charge in [-0.05, 0) is 29.3 Å². The standard InChI is InChI=1S/C25H22N4O/c30-24(27-17-20-13-15-26-16-14-20)12-11-23-19-29(18-21-7-3-1-4-8-21)28-25(23)22-9-5-2-6-10-22/h1-16,19H,17-18H2,(H,27,30). The quantitative estimate of drug-likeness (QED) is 0.475. The largest absolute Gasteiger partial charge is 0.348 e. The van der Waals surface area contributed by atoms with Crippen molar-refractivity contribution in [2.24, 2.45) is 0 Å². The zero-order valence-electron chi connectivity index (χ0n) is 16.5. The predicted molar refractivity (Wildman–Crippen MR) is 118 cm³/mol. The number of carbonyl (C=O) groups excluding carboxylic acids is 1. The highest BCUT2D eigenvalue weighted by Crippen LogP contribution is 2.23. The van der Waals surface area contributed by atoms with E-state index in [0.717, 1.165) is 22.4 Å². The minimum Gasteiger partial charge on any atom is -0.348 e. The number of pyridine rings is 1. The summed E-state index contributed by atoms with van der Waals surface area (Å²) in [4.78, 5) is 16.3. The summed E-state index contributed by atoms with van der Waals surface area (Å²) in [6.45, 7) is 1.13. The molecule has 0 bridgehead atoms. The molecule has 5 heteroatoms. The van der Waals surface area contributed by atoms with E-state index in [0.29, 0.717) is 13.1 Å². The Hall–Kier alpha value is -3.99. The number of carbonyl (C=O) groups is 1. The number of hydrogen-bond acceptors (Lipinski definition) is 3. The van der Waals surface area contributed by atoms with Crippen LogP contribution in [-0.4, -0.2) is 20.7 Å². The lowest BCUT2D eigenvalue weighted by Crippen LogP contribution is -2.20. The molecule has 30 heavy (non-hydrogen) atoms. The van der Waals surface area contributed by atoms with Gasteiger partial charge in [-0.2, -0.15) is 5.10 Å². The van der Waals surface area contributed by atoms with Crippen molar-refractivity contribution in [3.8, 4) is 11.3 Å². The highest BCUT2D eigenvalue weighted by Gasteiger charge is 2.10. The number of nitrogens with one attached hydrogen (secondary N) is 1. The van der Waals surface area contributed by atoms with E-state index in [4.69, 9.17) is 5.10 Å². The third-order valence-electron chi connectivity index (χ3n) is 4.65. The van der Waals surface area contributed by atoms with E-state index in [-0.39, 0.29) is 5.91 Å². The van der Waals surface area contributed by atoms with Crippen molar-refractivity contribution in [1.29, 1.82) is 0 Å². The number of hydrogen-bond donors (Lipinski definition) is 1. The fraction of sp³-hybridized carbons (Fsp3) is 0.0800. The SMILES string of the molecule is O=C(C=Cc1cn(Cc2ccccc2)nc1-c1ccccc1)NCc1ccncc1. The van der Waals surface area contributed by atoms with Crippen LogP contribution in [0.1, 0.15) is 16.7 Å². The third kappa shape index (κ3) is 5.08. The summed E-state index contributed by atoms with van der Waals surface area (Å²) in [5, 5.41) is 7.67. The second-order valence-electron chi connectivity index (χ2n) is 6.89. The van der Waals surface area contributed by atoms with Gasteiger partial charge in [-0.25, -0.2) is 0 Å². The number of rotatable bonds is 7. The van der Waals surface area contributed by atoms with E-state index in [1.165, 1.54) is 5.56 Å². The first-order chi connectivity index (χ1) is 14.8. The number of amides is 1. The van der Waals surface area contributed by atoms with E-state index in [9.17, 15) is 4.79 Å². The zero-order chi connectivity index (χ0) is 20.6. The van der Waals surface area contributed by atoms with Crippen LogP contribution in [0.4, 0.5) is 0 Å². The van der Waals surface area contributed by atoms with Crippen molar-refractivity contribution < 1.29 is 4.79 Å². The van der Waals surface area contributed by atoms with Crippen LogP contribution in [0, 0.1) is 0 Å². The molecule has 0 spiro atoms. The normalized spacial score (nSPS) is 10.9. The number of aromatic nitrogens is 3. The van der Waals surface area contributed by atoms with Gasteiger partial charge in [0.05, 0.1) is 12.2 Å². The van der Waals surface area contributed by atoms with E-state index in [1.54, 1.807) is 18.5 Å². The van der Waals surface area contributed by atoms with Crippen molar-refractivity contribution in [1.82, 2.24) is 20.1 Å². The molecule has 4 aromatic rings. The van der Waals surface area contributed by atoms with Gasteiger partial charge in [0.15, 0.2) is 0 Å². The van der Waals surface area contributed by atoms with Gasteiger partial charge in [0.1, 0.15) is 0 Å². The summed E-state index contributed by atoms with van der Waals surface area (Å²) >= 11 is 0. The molecule has 0 aliphatic rings. The molecular weight excluding hydrogens is 372 g/mol. The average molecular weight is 394 g/mol. The fourth-order valence-electron chi connectivity index (χ4n) is 3.14. The predicted octanol–water partition coefficient (Wildman–Crippen LogP) is 4.32. The van der Waals surface area contributed by atoms with Crippen LogP contribution < -0.4 is 5.32 Å². The van der Waals surface area contributed by atoms with Gasteiger partial charge in [0.25, 0.3) is 0 Å². The Bertz CT molecular complexity index is 1120. The maximum absolute atomic E-state index is 12.3. The molecule has 0 saturated carbocycles. The van der Waals surface area contributed by atoms with Crippen LogP contribution in [-0.2, 0) is 17.9 Å². The van der Waals surface area contributed by atoms with Crippen LogP contribution >= 0.6 is 0 Å². The lowest BCUT2D eigenvalue weighted by molar-refractivity contribution is -0.116. The summed E-state index contributed by atoms with van der Waals surface area (Å²) < 4.78 is 1.91. The van der Waals surface area contributed by atoms with E-state index in [2.05, 4.69) is 22.4 Å². The minimum atomic E-state index is -0.151. The second kappa shape index (κ2) is 9.47. The van der Waals surface area contributed by atoms with E-state index in [1.807, 2.05) is 77.6 Å². The van der Waals surface area contributed by atoms with Crippen LogP contribution in [0.3, 0.4) is 0 Å². The summed E-state index contributed by atoms with van der Waals surface area (Å²) in [5.41, 5.74) is 4.94. The first-order valence-electron chi connectivity index (χ1n) is 9.79. The topological polar surface area (TPSA) is 59.8 Å². The lowest BCUT2D eigenvalue weighted by atomic mass is 10.1. The Labute approximate surface area is 175 Å². The lowest BCUT2D eigenvalue weighted by Gasteiger charge is -2.02. The van der Waals surface area contributed by atoms with Gasteiger partial charge >= 0.3 is 0 Å². The summed E-state index contributed by atoms with van der Waals surface area (Å²) in [6, 6.07) is 23.9. The molecule has 0 fully saturated rings. The molecule has 4 rings (SSSR count). The van der Waals surface area contributed by atoms with Gasteiger partial charge in [-0.1, -0.05) is 60.7 Å². The molecule has 0 radical (unpaired) electrons. The third-order valence-corrected chi connectivity index (χ3v) is 4.65. The molecule has 148 valence electrons. The van der Waals surface area contributed by atoms with Crippen LogP contribution in [0.15, 0.2) is 97.5 Å². The average Bonchev–Trinajstić information content (AvgIpc) is 3.21. The molecule has 0 saturated heterocycles. The van der Waals surface area contributed by atoms with Crippen LogP contribution in [0.5, 0.6) is 0 Å².